The molecule has 28 heavy (non-hydrogen) atoms. The zero-order valence-corrected chi connectivity index (χ0v) is 17.0. The molecule has 0 saturated carbocycles. The number of carbonyl (C=O) groups excluding carboxylic acids is 1. The molecule has 1 N–H and O–H groups in total. The van der Waals surface area contributed by atoms with Crippen LogP contribution in [0.4, 0.5) is 5.69 Å². The molecule has 2 aromatic rings. The van der Waals surface area contributed by atoms with Crippen molar-refractivity contribution in [1.82, 2.24) is 0 Å². The number of hydrogen-bond acceptors (Lipinski definition) is 5. The van der Waals surface area contributed by atoms with E-state index in [1.165, 1.54) is 26.4 Å². The number of halogens is 2. The number of rotatable bonds is 7. The molecule has 0 atom stereocenters. The Morgan fingerprint density at radius 1 is 1.18 bits per heavy atom. The molecular formula is C20H18Cl2N2O4. The molecule has 0 heterocycles. The Labute approximate surface area is 173 Å². The fraction of sp³-hybridized carbons (Fsp3) is 0.200. The van der Waals surface area contributed by atoms with Gasteiger partial charge in [0.1, 0.15) is 11.6 Å². The van der Waals surface area contributed by atoms with Gasteiger partial charge in [0.15, 0.2) is 11.5 Å². The number of ether oxygens (including phenoxy) is 3. The first-order chi connectivity index (χ1) is 13.4. The molecule has 2 aromatic carbocycles. The van der Waals surface area contributed by atoms with Crippen LogP contribution in [0.5, 0.6) is 17.2 Å². The lowest BCUT2D eigenvalue weighted by atomic mass is 10.1. The van der Waals surface area contributed by atoms with E-state index in [0.29, 0.717) is 40.1 Å². The summed E-state index contributed by atoms with van der Waals surface area (Å²) < 4.78 is 16.2. The normalized spacial score (nSPS) is 10.8. The first kappa shape index (κ1) is 21.4. The van der Waals surface area contributed by atoms with Gasteiger partial charge in [0, 0.05) is 5.02 Å². The van der Waals surface area contributed by atoms with Gasteiger partial charge in [0.2, 0.25) is 5.75 Å². The van der Waals surface area contributed by atoms with Gasteiger partial charge in [-0.05, 0) is 48.9 Å². The van der Waals surface area contributed by atoms with Crippen molar-refractivity contribution in [3.63, 3.8) is 0 Å². The molecule has 146 valence electrons. The summed E-state index contributed by atoms with van der Waals surface area (Å²) in [6.07, 6.45) is 1.42. The highest BCUT2D eigenvalue weighted by atomic mass is 35.5. The van der Waals surface area contributed by atoms with Crippen LogP contribution in [0.3, 0.4) is 0 Å². The number of amides is 1. The van der Waals surface area contributed by atoms with E-state index in [1.807, 2.05) is 13.0 Å². The topological polar surface area (TPSA) is 80.6 Å². The predicted molar refractivity (Wildman–Crippen MR) is 109 cm³/mol. The summed E-state index contributed by atoms with van der Waals surface area (Å²) in [6, 6.07) is 9.81. The molecule has 0 aliphatic rings. The Kier molecular flexibility index (Phi) is 7.56. The van der Waals surface area contributed by atoms with Crippen LogP contribution < -0.4 is 19.5 Å². The average molecular weight is 421 g/mol. The second-order valence-electron chi connectivity index (χ2n) is 5.44. The molecule has 0 radical (unpaired) electrons. The van der Waals surface area contributed by atoms with Crippen molar-refractivity contribution >= 4 is 40.9 Å². The van der Waals surface area contributed by atoms with E-state index in [1.54, 1.807) is 24.3 Å². The number of nitrogens with zero attached hydrogens (tertiary/aromatic N) is 1. The van der Waals surface area contributed by atoms with Crippen LogP contribution in [0, 0.1) is 11.3 Å². The lowest BCUT2D eigenvalue weighted by Gasteiger charge is -2.14. The van der Waals surface area contributed by atoms with Gasteiger partial charge in [-0.3, -0.25) is 4.79 Å². The molecule has 0 spiro atoms. The van der Waals surface area contributed by atoms with E-state index < -0.39 is 5.91 Å². The molecule has 0 bridgehead atoms. The Morgan fingerprint density at radius 2 is 1.82 bits per heavy atom. The molecule has 0 aliphatic heterocycles. The van der Waals surface area contributed by atoms with Gasteiger partial charge >= 0.3 is 0 Å². The molecule has 0 unspecified atom stereocenters. The predicted octanol–water partition coefficient (Wildman–Crippen LogP) is 4.95. The average Bonchev–Trinajstić information content (AvgIpc) is 2.68. The molecule has 0 saturated heterocycles. The Morgan fingerprint density at radius 3 is 2.32 bits per heavy atom. The van der Waals surface area contributed by atoms with Gasteiger partial charge in [-0.1, -0.05) is 23.2 Å². The van der Waals surface area contributed by atoms with Crippen LogP contribution in [0.2, 0.25) is 10.0 Å². The van der Waals surface area contributed by atoms with E-state index >= 15 is 0 Å². The second-order valence-corrected chi connectivity index (χ2v) is 6.28. The minimum atomic E-state index is -0.612. The minimum Gasteiger partial charge on any atom is -0.493 e. The number of hydrogen-bond donors (Lipinski definition) is 1. The van der Waals surface area contributed by atoms with Crippen LogP contribution >= 0.6 is 23.2 Å². The summed E-state index contributed by atoms with van der Waals surface area (Å²) in [4.78, 5) is 12.5. The molecular weight excluding hydrogens is 403 g/mol. The molecule has 6 nitrogen and oxygen atoms in total. The highest BCUT2D eigenvalue weighted by molar-refractivity contribution is 6.36. The van der Waals surface area contributed by atoms with Gasteiger partial charge in [-0.15, -0.1) is 0 Å². The maximum absolute atomic E-state index is 12.5. The van der Waals surface area contributed by atoms with Gasteiger partial charge < -0.3 is 19.5 Å². The lowest BCUT2D eigenvalue weighted by Crippen LogP contribution is -2.13. The van der Waals surface area contributed by atoms with Crippen molar-refractivity contribution in [3.05, 3.63) is 51.5 Å². The van der Waals surface area contributed by atoms with E-state index in [2.05, 4.69) is 5.32 Å². The highest BCUT2D eigenvalue weighted by Crippen LogP contribution is 2.39. The summed E-state index contributed by atoms with van der Waals surface area (Å²) in [6.45, 7) is 2.27. The smallest absolute Gasteiger partial charge is 0.266 e. The monoisotopic (exact) mass is 420 g/mol. The van der Waals surface area contributed by atoms with Crippen molar-refractivity contribution in [3.8, 4) is 23.3 Å². The molecule has 0 aromatic heterocycles. The van der Waals surface area contributed by atoms with Crippen molar-refractivity contribution in [1.29, 1.82) is 5.26 Å². The fourth-order valence-electron chi connectivity index (χ4n) is 2.37. The summed E-state index contributed by atoms with van der Waals surface area (Å²) in [5.41, 5.74) is 0.754. The second kappa shape index (κ2) is 9.88. The van der Waals surface area contributed by atoms with Crippen LogP contribution in [0.25, 0.3) is 6.08 Å². The van der Waals surface area contributed by atoms with Gasteiger partial charge in [0.05, 0.1) is 31.5 Å². The number of benzene rings is 2. The van der Waals surface area contributed by atoms with Gasteiger partial charge in [0.25, 0.3) is 5.91 Å². The van der Waals surface area contributed by atoms with Crippen LogP contribution in [0.15, 0.2) is 35.9 Å². The van der Waals surface area contributed by atoms with E-state index in [4.69, 9.17) is 37.4 Å². The Balaban J connectivity index is 2.37. The number of nitriles is 1. The lowest BCUT2D eigenvalue weighted by molar-refractivity contribution is -0.112. The standard InChI is InChI=1S/C20H18Cl2N2O4/c1-4-28-19-17(26-2)8-12(9-18(19)27-3)7-13(11-23)20(25)24-16-6-5-14(21)10-15(16)22/h5-10H,4H2,1-3H3,(H,24,25)/b13-7+. The van der Waals surface area contributed by atoms with Crippen LogP contribution in [0.1, 0.15) is 12.5 Å². The third kappa shape index (κ3) is 5.10. The SMILES string of the molecule is CCOc1c(OC)cc(/C=C(\C#N)C(=O)Nc2ccc(Cl)cc2Cl)cc1OC. The van der Waals surface area contributed by atoms with E-state index in [-0.39, 0.29) is 10.6 Å². The first-order valence-electron chi connectivity index (χ1n) is 8.20. The molecule has 0 aliphatic carbocycles. The first-order valence-corrected chi connectivity index (χ1v) is 8.96. The van der Waals surface area contributed by atoms with Gasteiger partial charge in [-0.2, -0.15) is 5.26 Å². The Hall–Kier alpha value is -2.88. The molecule has 1 amide bonds. The van der Waals surface area contributed by atoms with E-state index in [0.717, 1.165) is 0 Å². The summed E-state index contributed by atoms with van der Waals surface area (Å²) in [5, 5.41) is 12.7. The van der Waals surface area contributed by atoms with Gasteiger partial charge in [-0.25, -0.2) is 0 Å². The fourth-order valence-corrected chi connectivity index (χ4v) is 2.82. The Bertz CT molecular complexity index is 927. The number of methoxy groups -OCH3 is 2. The third-order valence-electron chi connectivity index (χ3n) is 3.63. The summed E-state index contributed by atoms with van der Waals surface area (Å²) in [7, 11) is 2.98. The number of carbonyl (C=O) groups is 1. The summed E-state index contributed by atoms with van der Waals surface area (Å²) in [5.74, 6) is 0.677. The molecule has 0 fully saturated rings. The van der Waals surface area contributed by atoms with Crippen LogP contribution in [-0.2, 0) is 4.79 Å². The van der Waals surface area contributed by atoms with Crippen molar-refractivity contribution in [2.24, 2.45) is 0 Å². The van der Waals surface area contributed by atoms with Crippen molar-refractivity contribution in [2.75, 3.05) is 26.1 Å². The number of anilines is 1. The highest BCUT2D eigenvalue weighted by Gasteiger charge is 2.16. The maximum Gasteiger partial charge on any atom is 0.266 e. The third-order valence-corrected chi connectivity index (χ3v) is 4.17. The zero-order valence-electron chi connectivity index (χ0n) is 15.5. The largest absolute Gasteiger partial charge is 0.493 e. The molecule has 2 rings (SSSR count). The van der Waals surface area contributed by atoms with Crippen molar-refractivity contribution < 1.29 is 19.0 Å². The van der Waals surface area contributed by atoms with Crippen LogP contribution in [-0.4, -0.2) is 26.7 Å². The minimum absolute atomic E-state index is 0.126. The summed E-state index contributed by atoms with van der Waals surface area (Å²) >= 11 is 11.9. The van der Waals surface area contributed by atoms with E-state index in [9.17, 15) is 10.1 Å². The molecule has 8 heteroatoms. The maximum atomic E-state index is 12.5. The van der Waals surface area contributed by atoms with Crippen molar-refractivity contribution in [2.45, 2.75) is 6.92 Å². The quantitative estimate of drug-likeness (QED) is 0.505. The zero-order chi connectivity index (χ0) is 20.7. The number of nitrogens with one attached hydrogen (secondary N) is 1.